The third-order valence-corrected chi connectivity index (χ3v) is 5.11. The van der Waals surface area contributed by atoms with Crippen LogP contribution in [0.2, 0.25) is 0 Å². The van der Waals surface area contributed by atoms with Gasteiger partial charge in [-0.1, -0.05) is 30.3 Å². The molecule has 0 aliphatic rings. The van der Waals surface area contributed by atoms with Gasteiger partial charge in [-0.3, -0.25) is 0 Å². The number of rotatable bonds is 7. The van der Waals surface area contributed by atoms with Crippen LogP contribution >= 0.6 is 0 Å². The molecule has 0 fully saturated rings. The van der Waals surface area contributed by atoms with Gasteiger partial charge < -0.3 is 4.74 Å². The highest BCUT2D eigenvalue weighted by atomic mass is 32.2. The molecule has 23 heavy (non-hydrogen) atoms. The first-order valence-corrected chi connectivity index (χ1v) is 9.24. The Bertz CT molecular complexity index is 770. The normalized spacial score (nSPS) is 11.4. The molecule has 1 N–H and O–H groups in total. The second-order valence-corrected chi connectivity index (χ2v) is 7.48. The molecule has 4 nitrogen and oxygen atoms in total. The summed E-state index contributed by atoms with van der Waals surface area (Å²) in [6, 6.07) is 13.3. The van der Waals surface area contributed by atoms with Crippen LogP contribution in [0, 0.1) is 20.8 Å². The molecular weight excluding hydrogens is 310 g/mol. The van der Waals surface area contributed by atoms with Crippen molar-refractivity contribution in [1.29, 1.82) is 0 Å². The minimum Gasteiger partial charge on any atom is -0.492 e. The zero-order valence-electron chi connectivity index (χ0n) is 13.8. The first kappa shape index (κ1) is 17.5. The molecule has 0 radical (unpaired) electrons. The van der Waals surface area contributed by atoms with E-state index in [-0.39, 0.29) is 12.3 Å². The molecule has 2 aromatic rings. The molecule has 0 aromatic heterocycles. The number of hydrogen-bond acceptors (Lipinski definition) is 3. The van der Waals surface area contributed by atoms with Crippen molar-refractivity contribution in [3.63, 3.8) is 0 Å². The maximum atomic E-state index is 12.1. The van der Waals surface area contributed by atoms with Crippen LogP contribution in [0.15, 0.2) is 42.5 Å². The Morgan fingerprint density at radius 3 is 2.39 bits per heavy atom. The van der Waals surface area contributed by atoms with Gasteiger partial charge in [-0.05, 0) is 55.2 Å². The van der Waals surface area contributed by atoms with Crippen LogP contribution in [-0.4, -0.2) is 21.6 Å². The molecule has 0 saturated carbocycles. The van der Waals surface area contributed by atoms with Crippen molar-refractivity contribution in [1.82, 2.24) is 4.72 Å². The summed E-state index contributed by atoms with van der Waals surface area (Å²) >= 11 is 0. The van der Waals surface area contributed by atoms with E-state index in [9.17, 15) is 8.42 Å². The lowest BCUT2D eigenvalue weighted by Crippen LogP contribution is -2.29. The first-order valence-electron chi connectivity index (χ1n) is 7.59. The second kappa shape index (κ2) is 7.62. The lowest BCUT2D eigenvalue weighted by atomic mass is 10.1. The predicted octanol–water partition coefficient (Wildman–Crippen LogP) is 3.11. The van der Waals surface area contributed by atoms with Crippen molar-refractivity contribution >= 4 is 10.0 Å². The van der Waals surface area contributed by atoms with E-state index in [1.807, 2.05) is 63.2 Å². The summed E-state index contributed by atoms with van der Waals surface area (Å²) in [5.74, 6) is 0.745. The number of aryl methyl sites for hydroxylation is 3. The van der Waals surface area contributed by atoms with Gasteiger partial charge in [0.1, 0.15) is 12.4 Å². The summed E-state index contributed by atoms with van der Waals surface area (Å²) in [7, 11) is -3.36. The third-order valence-electron chi connectivity index (χ3n) is 3.78. The number of benzene rings is 2. The number of ether oxygens (including phenoxy) is 1. The minimum absolute atomic E-state index is 0.0106. The summed E-state index contributed by atoms with van der Waals surface area (Å²) in [6.07, 6.45) is 0. The van der Waals surface area contributed by atoms with E-state index in [4.69, 9.17) is 4.74 Å². The minimum atomic E-state index is -3.36. The fourth-order valence-electron chi connectivity index (χ4n) is 2.20. The first-order chi connectivity index (χ1) is 10.9. The van der Waals surface area contributed by atoms with E-state index in [1.54, 1.807) is 0 Å². The Morgan fingerprint density at radius 2 is 1.70 bits per heavy atom. The Kier molecular flexibility index (Phi) is 5.80. The van der Waals surface area contributed by atoms with Gasteiger partial charge in [0.2, 0.25) is 10.0 Å². The van der Waals surface area contributed by atoms with Gasteiger partial charge >= 0.3 is 0 Å². The monoisotopic (exact) mass is 333 g/mol. The van der Waals surface area contributed by atoms with E-state index in [0.29, 0.717) is 6.61 Å². The smallest absolute Gasteiger partial charge is 0.215 e. The van der Waals surface area contributed by atoms with Crippen molar-refractivity contribution in [2.75, 3.05) is 13.2 Å². The number of sulfonamides is 1. The highest BCUT2D eigenvalue weighted by molar-refractivity contribution is 7.88. The van der Waals surface area contributed by atoms with Gasteiger partial charge in [-0.2, -0.15) is 0 Å². The molecule has 0 bridgehead atoms. The van der Waals surface area contributed by atoms with E-state index >= 15 is 0 Å². The molecule has 2 aromatic carbocycles. The van der Waals surface area contributed by atoms with Gasteiger partial charge in [0.15, 0.2) is 0 Å². The van der Waals surface area contributed by atoms with E-state index < -0.39 is 10.0 Å². The highest BCUT2D eigenvalue weighted by Crippen LogP contribution is 2.16. The summed E-state index contributed by atoms with van der Waals surface area (Å²) in [4.78, 5) is 0. The van der Waals surface area contributed by atoms with Crippen molar-refractivity contribution in [3.05, 3.63) is 64.7 Å². The Labute approximate surface area is 138 Å². The van der Waals surface area contributed by atoms with Gasteiger partial charge in [-0.15, -0.1) is 0 Å². The average molecular weight is 333 g/mol. The number of nitrogens with one attached hydrogen (secondary N) is 1. The molecule has 0 atom stereocenters. The van der Waals surface area contributed by atoms with Crippen molar-refractivity contribution < 1.29 is 13.2 Å². The Morgan fingerprint density at radius 1 is 0.957 bits per heavy atom. The largest absolute Gasteiger partial charge is 0.492 e. The Hall–Kier alpha value is -1.85. The SMILES string of the molecule is Cc1ccc(OCCNS(=O)(=O)Cc2ccccc2C)cc1C. The molecule has 0 unspecified atom stereocenters. The molecule has 0 aliphatic heterocycles. The standard InChI is InChI=1S/C18H23NO3S/c1-14-8-9-18(12-16(14)3)22-11-10-19-23(20,21)13-17-7-5-4-6-15(17)2/h4-9,12,19H,10-11,13H2,1-3H3. The van der Waals surface area contributed by atoms with Crippen LogP contribution < -0.4 is 9.46 Å². The lowest BCUT2D eigenvalue weighted by Gasteiger charge is -2.10. The quantitative estimate of drug-likeness (QED) is 0.792. The molecule has 2 rings (SSSR count). The summed E-state index contributed by atoms with van der Waals surface area (Å²) < 4.78 is 32.4. The lowest BCUT2D eigenvalue weighted by molar-refractivity contribution is 0.322. The van der Waals surface area contributed by atoms with Crippen molar-refractivity contribution in [2.45, 2.75) is 26.5 Å². The Balaban J connectivity index is 1.83. The van der Waals surface area contributed by atoms with Crippen LogP contribution in [0.3, 0.4) is 0 Å². The molecule has 0 amide bonds. The van der Waals surface area contributed by atoms with Gasteiger partial charge in [-0.25, -0.2) is 13.1 Å². The fourth-order valence-corrected chi connectivity index (χ4v) is 3.43. The topological polar surface area (TPSA) is 55.4 Å². The maximum Gasteiger partial charge on any atom is 0.215 e. The predicted molar refractivity (Wildman–Crippen MR) is 93.2 cm³/mol. The molecular formula is C18H23NO3S. The van der Waals surface area contributed by atoms with E-state index in [0.717, 1.165) is 22.4 Å². The number of hydrogen-bond donors (Lipinski definition) is 1. The zero-order valence-corrected chi connectivity index (χ0v) is 14.6. The molecule has 124 valence electrons. The molecule has 0 aliphatic carbocycles. The van der Waals surface area contributed by atoms with Crippen molar-refractivity contribution in [3.8, 4) is 5.75 Å². The van der Waals surface area contributed by atoms with E-state index in [2.05, 4.69) is 4.72 Å². The molecule has 0 saturated heterocycles. The average Bonchev–Trinajstić information content (AvgIpc) is 2.49. The van der Waals surface area contributed by atoms with Crippen LogP contribution in [0.5, 0.6) is 5.75 Å². The molecule has 5 heteroatoms. The van der Waals surface area contributed by atoms with Crippen LogP contribution in [0.25, 0.3) is 0 Å². The fraction of sp³-hybridized carbons (Fsp3) is 0.333. The van der Waals surface area contributed by atoms with Crippen LogP contribution in [-0.2, 0) is 15.8 Å². The third kappa shape index (κ3) is 5.37. The van der Waals surface area contributed by atoms with Crippen molar-refractivity contribution in [2.24, 2.45) is 0 Å². The van der Waals surface area contributed by atoms with E-state index in [1.165, 1.54) is 5.56 Å². The summed E-state index contributed by atoms with van der Waals surface area (Å²) in [5.41, 5.74) is 4.15. The zero-order chi connectivity index (χ0) is 16.9. The van der Waals surface area contributed by atoms with Crippen LogP contribution in [0.4, 0.5) is 0 Å². The molecule has 0 heterocycles. The van der Waals surface area contributed by atoms with Crippen LogP contribution in [0.1, 0.15) is 22.3 Å². The van der Waals surface area contributed by atoms with Gasteiger partial charge in [0.05, 0.1) is 5.75 Å². The summed E-state index contributed by atoms with van der Waals surface area (Å²) in [6.45, 7) is 6.52. The van der Waals surface area contributed by atoms with Gasteiger partial charge in [0, 0.05) is 6.54 Å². The summed E-state index contributed by atoms with van der Waals surface area (Å²) in [5, 5.41) is 0. The molecule has 0 spiro atoms. The van der Waals surface area contributed by atoms with Gasteiger partial charge in [0.25, 0.3) is 0 Å². The highest BCUT2D eigenvalue weighted by Gasteiger charge is 2.12. The maximum absolute atomic E-state index is 12.1. The second-order valence-electron chi connectivity index (χ2n) is 5.67.